The van der Waals surface area contributed by atoms with E-state index in [1.54, 1.807) is 0 Å². The van der Waals surface area contributed by atoms with E-state index in [0.717, 1.165) is 33.7 Å². The van der Waals surface area contributed by atoms with Crippen LogP contribution in [0.3, 0.4) is 0 Å². The number of hydrogen-bond acceptors (Lipinski definition) is 2. The molecule has 0 radical (unpaired) electrons. The average Bonchev–Trinajstić information content (AvgIpc) is 2.95. The van der Waals surface area contributed by atoms with E-state index in [-0.39, 0.29) is 5.91 Å². The van der Waals surface area contributed by atoms with Crippen LogP contribution in [-0.2, 0) is 6.54 Å². The first-order valence-corrected chi connectivity index (χ1v) is 7.38. The van der Waals surface area contributed by atoms with Crippen LogP contribution in [0.4, 0.5) is 0 Å². The molecule has 1 aromatic carbocycles. The van der Waals surface area contributed by atoms with Gasteiger partial charge in [0.1, 0.15) is 11.5 Å². The summed E-state index contributed by atoms with van der Waals surface area (Å²) in [7, 11) is 0. The predicted molar refractivity (Wildman–Crippen MR) is 87.1 cm³/mol. The number of H-pyrrole nitrogens is 1. The van der Waals surface area contributed by atoms with Gasteiger partial charge in [0.25, 0.3) is 5.91 Å². The van der Waals surface area contributed by atoms with Crippen LogP contribution in [0.5, 0.6) is 0 Å². The Morgan fingerprint density at radius 2 is 1.95 bits per heavy atom. The number of carbonyl (C=O) groups excluding carboxylic acids is 1. The molecule has 0 unspecified atom stereocenters. The van der Waals surface area contributed by atoms with Gasteiger partial charge in [-0.05, 0) is 57.5 Å². The van der Waals surface area contributed by atoms with Crippen molar-refractivity contribution >= 4 is 16.8 Å². The minimum absolute atomic E-state index is 0.0709. The molecule has 0 aliphatic carbocycles. The second kappa shape index (κ2) is 5.37. The SMILES string of the molecule is Cc1cc(CNC(=O)c2ccc3[nH]c(C)c(C)c3c2)c(C)o1. The molecule has 0 aliphatic heterocycles. The standard InChI is InChI=1S/C18H20N2O2/c1-10-7-15(13(4)22-10)9-19-18(21)14-5-6-17-16(8-14)11(2)12(3)20-17/h5-8,20H,9H2,1-4H3,(H,19,21). The van der Waals surface area contributed by atoms with Crippen molar-refractivity contribution in [1.82, 2.24) is 10.3 Å². The van der Waals surface area contributed by atoms with Crippen molar-refractivity contribution < 1.29 is 9.21 Å². The van der Waals surface area contributed by atoms with Crippen LogP contribution in [-0.4, -0.2) is 10.9 Å². The first-order chi connectivity index (χ1) is 10.5. The normalized spacial score (nSPS) is 11.1. The Kier molecular flexibility index (Phi) is 3.53. The van der Waals surface area contributed by atoms with Gasteiger partial charge < -0.3 is 14.7 Å². The maximum atomic E-state index is 12.3. The summed E-state index contributed by atoms with van der Waals surface area (Å²) in [5.74, 6) is 1.64. The van der Waals surface area contributed by atoms with Crippen LogP contribution >= 0.6 is 0 Å². The second-order valence-corrected chi connectivity index (χ2v) is 5.76. The molecule has 0 aliphatic rings. The largest absolute Gasteiger partial charge is 0.466 e. The molecule has 0 saturated heterocycles. The monoisotopic (exact) mass is 296 g/mol. The Hall–Kier alpha value is -2.49. The maximum Gasteiger partial charge on any atom is 0.251 e. The molecule has 1 amide bonds. The van der Waals surface area contributed by atoms with Crippen LogP contribution in [0.1, 0.15) is 38.7 Å². The number of nitrogens with one attached hydrogen (secondary N) is 2. The summed E-state index contributed by atoms with van der Waals surface area (Å²) in [6.07, 6.45) is 0. The number of hydrogen-bond donors (Lipinski definition) is 2. The number of carbonyl (C=O) groups is 1. The summed E-state index contributed by atoms with van der Waals surface area (Å²) in [5, 5.41) is 4.05. The molecular formula is C18H20N2O2. The highest BCUT2D eigenvalue weighted by Gasteiger charge is 2.11. The Balaban J connectivity index is 1.80. The molecule has 4 nitrogen and oxygen atoms in total. The third-order valence-electron chi connectivity index (χ3n) is 4.15. The second-order valence-electron chi connectivity index (χ2n) is 5.76. The number of amides is 1. The number of furan rings is 1. The van der Waals surface area contributed by atoms with Gasteiger partial charge >= 0.3 is 0 Å². The molecule has 0 saturated carbocycles. The highest BCUT2D eigenvalue weighted by atomic mass is 16.3. The van der Waals surface area contributed by atoms with Crippen molar-refractivity contribution in [2.24, 2.45) is 0 Å². The minimum atomic E-state index is -0.0709. The van der Waals surface area contributed by atoms with E-state index in [0.29, 0.717) is 12.1 Å². The molecule has 2 N–H and O–H groups in total. The third kappa shape index (κ3) is 2.52. The first kappa shape index (κ1) is 14.4. The lowest BCUT2D eigenvalue weighted by Gasteiger charge is -2.05. The van der Waals surface area contributed by atoms with E-state index in [4.69, 9.17) is 4.42 Å². The van der Waals surface area contributed by atoms with Crippen LogP contribution in [0.2, 0.25) is 0 Å². The van der Waals surface area contributed by atoms with Gasteiger partial charge in [0.2, 0.25) is 0 Å². The summed E-state index contributed by atoms with van der Waals surface area (Å²) >= 11 is 0. The average molecular weight is 296 g/mol. The van der Waals surface area contributed by atoms with Crippen molar-refractivity contribution in [2.45, 2.75) is 34.2 Å². The number of aryl methyl sites for hydroxylation is 4. The quantitative estimate of drug-likeness (QED) is 0.769. The zero-order chi connectivity index (χ0) is 15.9. The summed E-state index contributed by atoms with van der Waals surface area (Å²) < 4.78 is 5.47. The molecule has 3 aromatic rings. The van der Waals surface area contributed by atoms with E-state index in [1.165, 1.54) is 5.56 Å². The van der Waals surface area contributed by atoms with E-state index in [2.05, 4.69) is 17.2 Å². The molecule has 114 valence electrons. The molecule has 0 atom stereocenters. The van der Waals surface area contributed by atoms with Crippen LogP contribution in [0.15, 0.2) is 28.7 Å². The van der Waals surface area contributed by atoms with Gasteiger partial charge in [0, 0.05) is 34.3 Å². The van der Waals surface area contributed by atoms with Crippen LogP contribution in [0, 0.1) is 27.7 Å². The number of aromatic nitrogens is 1. The van der Waals surface area contributed by atoms with E-state index < -0.39 is 0 Å². The summed E-state index contributed by atoms with van der Waals surface area (Å²) in [6.45, 7) is 8.40. The van der Waals surface area contributed by atoms with Crippen molar-refractivity contribution in [3.8, 4) is 0 Å². The van der Waals surface area contributed by atoms with Crippen molar-refractivity contribution in [1.29, 1.82) is 0 Å². The number of rotatable bonds is 3. The Labute approximate surface area is 129 Å². The molecule has 0 bridgehead atoms. The lowest BCUT2D eigenvalue weighted by Crippen LogP contribution is -2.22. The molecule has 0 spiro atoms. The Morgan fingerprint density at radius 3 is 2.64 bits per heavy atom. The summed E-state index contributed by atoms with van der Waals surface area (Å²) in [4.78, 5) is 15.7. The first-order valence-electron chi connectivity index (χ1n) is 7.38. The highest BCUT2D eigenvalue weighted by Crippen LogP contribution is 2.22. The van der Waals surface area contributed by atoms with Gasteiger partial charge in [0.05, 0.1) is 0 Å². The van der Waals surface area contributed by atoms with Gasteiger partial charge in [-0.3, -0.25) is 4.79 Å². The fourth-order valence-electron chi connectivity index (χ4n) is 2.74. The van der Waals surface area contributed by atoms with Gasteiger partial charge in [0.15, 0.2) is 0 Å². The van der Waals surface area contributed by atoms with Gasteiger partial charge in [-0.1, -0.05) is 0 Å². The summed E-state index contributed by atoms with van der Waals surface area (Å²) in [5.41, 5.74) is 5.07. The van der Waals surface area contributed by atoms with E-state index in [1.807, 2.05) is 45.0 Å². The lowest BCUT2D eigenvalue weighted by molar-refractivity contribution is 0.0951. The van der Waals surface area contributed by atoms with Gasteiger partial charge in [-0.2, -0.15) is 0 Å². The fraction of sp³-hybridized carbons (Fsp3) is 0.278. The molecule has 22 heavy (non-hydrogen) atoms. The van der Waals surface area contributed by atoms with Gasteiger partial charge in [-0.25, -0.2) is 0 Å². The van der Waals surface area contributed by atoms with Crippen LogP contribution in [0.25, 0.3) is 10.9 Å². The number of benzene rings is 1. The molecule has 4 heteroatoms. The predicted octanol–water partition coefficient (Wildman–Crippen LogP) is 3.92. The summed E-state index contributed by atoms with van der Waals surface area (Å²) in [6, 6.07) is 7.70. The molecule has 2 aromatic heterocycles. The number of fused-ring (bicyclic) bond motifs is 1. The van der Waals surface area contributed by atoms with Crippen LogP contribution < -0.4 is 5.32 Å². The minimum Gasteiger partial charge on any atom is -0.466 e. The molecule has 0 fully saturated rings. The number of aromatic amines is 1. The van der Waals surface area contributed by atoms with E-state index in [9.17, 15) is 4.79 Å². The molecular weight excluding hydrogens is 276 g/mol. The van der Waals surface area contributed by atoms with Crippen molar-refractivity contribution in [2.75, 3.05) is 0 Å². The lowest BCUT2D eigenvalue weighted by atomic mass is 10.1. The topological polar surface area (TPSA) is 58.0 Å². The van der Waals surface area contributed by atoms with Crippen molar-refractivity contribution in [3.05, 3.63) is 58.2 Å². The maximum absolute atomic E-state index is 12.3. The zero-order valence-electron chi connectivity index (χ0n) is 13.3. The Bertz CT molecular complexity index is 855. The molecule has 2 heterocycles. The fourth-order valence-corrected chi connectivity index (χ4v) is 2.74. The van der Waals surface area contributed by atoms with E-state index >= 15 is 0 Å². The van der Waals surface area contributed by atoms with Crippen molar-refractivity contribution in [3.63, 3.8) is 0 Å². The zero-order valence-corrected chi connectivity index (χ0v) is 13.3. The van der Waals surface area contributed by atoms with Gasteiger partial charge in [-0.15, -0.1) is 0 Å². The Morgan fingerprint density at radius 1 is 1.18 bits per heavy atom. The smallest absolute Gasteiger partial charge is 0.251 e. The highest BCUT2D eigenvalue weighted by molar-refractivity contribution is 5.99. The molecule has 3 rings (SSSR count). The third-order valence-corrected chi connectivity index (χ3v) is 4.15.